The summed E-state index contributed by atoms with van der Waals surface area (Å²) in [5, 5.41) is 3.58. The molecule has 1 heteroatoms. The molecule has 0 aromatic heterocycles. The molecule has 0 aliphatic rings. The van der Waals surface area contributed by atoms with Crippen LogP contribution < -0.4 is 5.32 Å². The highest BCUT2D eigenvalue weighted by molar-refractivity contribution is 5.49. The summed E-state index contributed by atoms with van der Waals surface area (Å²) in [6.45, 7) is 4.38. The third-order valence-corrected chi connectivity index (χ3v) is 3.19. The van der Waals surface area contributed by atoms with Gasteiger partial charge in [-0.15, -0.1) is 0 Å². The maximum Gasteiger partial charge on any atom is 0.0297 e. The summed E-state index contributed by atoms with van der Waals surface area (Å²) in [5.74, 6) is 0. The van der Waals surface area contributed by atoms with Crippen LogP contribution >= 0.6 is 0 Å². The summed E-state index contributed by atoms with van der Waals surface area (Å²) in [7, 11) is 0. The molecule has 0 fully saturated rings. The molecule has 0 radical (unpaired) electrons. The highest BCUT2D eigenvalue weighted by Gasteiger charge is 2.06. The summed E-state index contributed by atoms with van der Waals surface area (Å²) in [5.41, 5.74) is 2.56. The zero-order valence-corrected chi connectivity index (χ0v) is 11.6. The van der Waals surface area contributed by atoms with Crippen molar-refractivity contribution in [2.24, 2.45) is 0 Å². The summed E-state index contributed by atoms with van der Waals surface area (Å²) in [4.78, 5) is 0. The molecule has 2 aromatic rings. The Morgan fingerprint density at radius 3 is 2.05 bits per heavy atom. The van der Waals surface area contributed by atoms with Gasteiger partial charge in [-0.1, -0.05) is 72.8 Å². The second-order valence-corrected chi connectivity index (χ2v) is 4.86. The molecular weight excluding hydrogens is 230 g/mol. The maximum absolute atomic E-state index is 3.58. The Morgan fingerprint density at radius 2 is 1.42 bits per heavy atom. The lowest BCUT2D eigenvalue weighted by Crippen LogP contribution is -2.27. The smallest absolute Gasteiger partial charge is 0.0297 e. The van der Waals surface area contributed by atoms with Crippen LogP contribution in [0.5, 0.6) is 0 Å². The molecule has 2 rings (SSSR count). The summed E-state index contributed by atoms with van der Waals surface area (Å²) in [6.07, 6.45) is 4.37. The van der Waals surface area contributed by atoms with E-state index in [9.17, 15) is 0 Å². The summed E-state index contributed by atoms with van der Waals surface area (Å²) in [6, 6.07) is 21.6. The van der Waals surface area contributed by atoms with Crippen LogP contribution in [0.3, 0.4) is 0 Å². The summed E-state index contributed by atoms with van der Waals surface area (Å²) < 4.78 is 0. The van der Waals surface area contributed by atoms with Gasteiger partial charge in [0.15, 0.2) is 0 Å². The normalized spacial score (nSPS) is 14.4. The van der Waals surface area contributed by atoms with Crippen LogP contribution in [0, 0.1) is 0 Å². The van der Waals surface area contributed by atoms with E-state index in [4.69, 9.17) is 0 Å². The quantitative estimate of drug-likeness (QED) is 0.828. The van der Waals surface area contributed by atoms with Gasteiger partial charge in [0.1, 0.15) is 0 Å². The molecular formula is C18H21N. The molecule has 0 unspecified atom stereocenters. The van der Waals surface area contributed by atoms with Crippen LogP contribution in [0.15, 0.2) is 66.7 Å². The first kappa shape index (κ1) is 13.6. The largest absolute Gasteiger partial charge is 0.304 e. The van der Waals surface area contributed by atoms with Crippen molar-refractivity contribution < 1.29 is 0 Å². The zero-order valence-electron chi connectivity index (χ0n) is 11.6. The molecule has 0 heterocycles. The van der Waals surface area contributed by atoms with Crippen molar-refractivity contribution in [1.82, 2.24) is 5.32 Å². The van der Waals surface area contributed by atoms with Crippen molar-refractivity contribution in [2.75, 3.05) is 0 Å². The van der Waals surface area contributed by atoms with E-state index in [0.29, 0.717) is 12.1 Å². The van der Waals surface area contributed by atoms with Gasteiger partial charge in [-0.3, -0.25) is 0 Å². The van der Waals surface area contributed by atoms with Crippen molar-refractivity contribution in [3.05, 3.63) is 77.9 Å². The molecule has 0 spiro atoms. The second-order valence-electron chi connectivity index (χ2n) is 4.86. The molecule has 0 saturated carbocycles. The van der Waals surface area contributed by atoms with Gasteiger partial charge in [-0.05, 0) is 25.0 Å². The highest BCUT2D eigenvalue weighted by Crippen LogP contribution is 2.12. The lowest BCUT2D eigenvalue weighted by molar-refractivity contribution is 0.537. The SMILES string of the molecule is C[C@H](/C=C/c1ccccc1)N[C@H](C)c1ccccc1. The molecule has 0 aliphatic heterocycles. The minimum absolute atomic E-state index is 0.343. The second kappa shape index (κ2) is 6.91. The van der Waals surface area contributed by atoms with Crippen LogP contribution in [0.4, 0.5) is 0 Å². The molecule has 1 N–H and O–H groups in total. The average molecular weight is 251 g/mol. The van der Waals surface area contributed by atoms with E-state index < -0.39 is 0 Å². The Hall–Kier alpha value is -1.86. The number of benzene rings is 2. The Labute approximate surface area is 116 Å². The van der Waals surface area contributed by atoms with Gasteiger partial charge in [0, 0.05) is 12.1 Å². The van der Waals surface area contributed by atoms with Crippen LogP contribution in [0.2, 0.25) is 0 Å². The molecule has 0 aliphatic carbocycles. The Morgan fingerprint density at radius 1 is 0.842 bits per heavy atom. The van der Waals surface area contributed by atoms with E-state index in [1.165, 1.54) is 11.1 Å². The van der Waals surface area contributed by atoms with Crippen LogP contribution in [0.25, 0.3) is 6.08 Å². The predicted octanol–water partition coefficient (Wildman–Crippen LogP) is 4.44. The van der Waals surface area contributed by atoms with Crippen LogP contribution in [0.1, 0.15) is 31.0 Å². The Bertz CT molecular complexity index is 502. The van der Waals surface area contributed by atoms with Gasteiger partial charge in [-0.25, -0.2) is 0 Å². The first-order valence-electron chi connectivity index (χ1n) is 6.80. The van der Waals surface area contributed by atoms with Crippen molar-refractivity contribution in [1.29, 1.82) is 0 Å². The average Bonchev–Trinajstić information content (AvgIpc) is 2.47. The number of nitrogens with one attached hydrogen (secondary N) is 1. The fraction of sp³-hybridized carbons (Fsp3) is 0.222. The third kappa shape index (κ3) is 4.38. The standard InChI is InChI=1S/C18H21N/c1-15(13-14-17-9-5-3-6-10-17)19-16(2)18-11-7-4-8-12-18/h3-16,19H,1-2H3/b14-13+/t15-,16-/m1/s1. The lowest BCUT2D eigenvalue weighted by Gasteiger charge is -2.17. The monoisotopic (exact) mass is 251 g/mol. The van der Waals surface area contributed by atoms with E-state index in [2.05, 4.69) is 85.9 Å². The first-order valence-corrected chi connectivity index (χ1v) is 6.80. The number of hydrogen-bond donors (Lipinski definition) is 1. The van der Waals surface area contributed by atoms with E-state index in [1.54, 1.807) is 0 Å². The van der Waals surface area contributed by atoms with E-state index in [0.717, 1.165) is 0 Å². The first-order chi connectivity index (χ1) is 9.25. The summed E-state index contributed by atoms with van der Waals surface area (Å²) >= 11 is 0. The Balaban J connectivity index is 1.91. The van der Waals surface area contributed by atoms with Crippen molar-refractivity contribution in [2.45, 2.75) is 25.9 Å². The predicted molar refractivity (Wildman–Crippen MR) is 82.9 cm³/mol. The fourth-order valence-electron chi connectivity index (χ4n) is 2.11. The van der Waals surface area contributed by atoms with Gasteiger partial charge in [-0.2, -0.15) is 0 Å². The minimum atomic E-state index is 0.343. The molecule has 1 nitrogen and oxygen atoms in total. The number of rotatable bonds is 5. The zero-order chi connectivity index (χ0) is 13.5. The van der Waals surface area contributed by atoms with Gasteiger partial charge >= 0.3 is 0 Å². The molecule has 0 bridgehead atoms. The highest BCUT2D eigenvalue weighted by atomic mass is 14.9. The molecule has 98 valence electrons. The van der Waals surface area contributed by atoms with Crippen molar-refractivity contribution in [3.63, 3.8) is 0 Å². The third-order valence-electron chi connectivity index (χ3n) is 3.19. The van der Waals surface area contributed by atoms with Crippen LogP contribution in [-0.2, 0) is 0 Å². The molecule has 0 amide bonds. The van der Waals surface area contributed by atoms with Gasteiger partial charge in [0.05, 0.1) is 0 Å². The molecule has 2 atom stereocenters. The minimum Gasteiger partial charge on any atom is -0.304 e. The fourth-order valence-corrected chi connectivity index (χ4v) is 2.11. The van der Waals surface area contributed by atoms with Gasteiger partial charge in [0.2, 0.25) is 0 Å². The number of hydrogen-bond acceptors (Lipinski definition) is 1. The van der Waals surface area contributed by atoms with Crippen molar-refractivity contribution >= 4 is 6.08 Å². The van der Waals surface area contributed by atoms with Gasteiger partial charge in [0.25, 0.3) is 0 Å². The maximum atomic E-state index is 3.58. The van der Waals surface area contributed by atoms with E-state index in [-0.39, 0.29) is 0 Å². The molecule has 2 aromatic carbocycles. The van der Waals surface area contributed by atoms with Crippen molar-refractivity contribution in [3.8, 4) is 0 Å². The molecule has 19 heavy (non-hydrogen) atoms. The Kier molecular flexibility index (Phi) is 4.93. The van der Waals surface area contributed by atoms with E-state index >= 15 is 0 Å². The van der Waals surface area contributed by atoms with Gasteiger partial charge < -0.3 is 5.32 Å². The van der Waals surface area contributed by atoms with E-state index in [1.807, 2.05) is 6.07 Å². The molecule has 0 saturated heterocycles. The lowest BCUT2D eigenvalue weighted by atomic mass is 10.1. The topological polar surface area (TPSA) is 12.0 Å². The van der Waals surface area contributed by atoms with Crippen LogP contribution in [-0.4, -0.2) is 6.04 Å².